The lowest BCUT2D eigenvalue weighted by Crippen LogP contribution is -2.52. The summed E-state index contributed by atoms with van der Waals surface area (Å²) in [5.74, 6) is 0.808. The van der Waals surface area contributed by atoms with Crippen molar-refractivity contribution < 1.29 is 22.5 Å². The fourth-order valence-electron chi connectivity index (χ4n) is 6.32. The number of aryl methyl sites for hydroxylation is 1. The molecule has 6 rings (SSSR count). The number of nitrogens with one attached hydrogen (secondary N) is 2. The highest BCUT2D eigenvalue weighted by molar-refractivity contribution is 9.10. The minimum atomic E-state index is -4.56. The lowest BCUT2D eigenvalue weighted by molar-refractivity contribution is -0.153. The van der Waals surface area contributed by atoms with Crippen LogP contribution in [0.1, 0.15) is 18.4 Å². The van der Waals surface area contributed by atoms with E-state index in [1.807, 2.05) is 6.92 Å². The number of hydrogen-bond acceptors (Lipinski definition) is 12. The number of ether oxygens (including phenoxy) is 1. The van der Waals surface area contributed by atoms with E-state index in [9.17, 15) is 17.7 Å². The second-order valence-electron chi connectivity index (χ2n) is 12.8. The van der Waals surface area contributed by atoms with Crippen molar-refractivity contribution in [1.29, 1.82) is 0 Å². The normalized spacial score (nSPS) is 17.0. The summed E-state index contributed by atoms with van der Waals surface area (Å²) in [6, 6.07) is 5.72. The number of nitrogens with zero attached hydrogens (tertiary/aromatic N) is 8. The summed E-state index contributed by atoms with van der Waals surface area (Å²) >= 11 is 3.47. The van der Waals surface area contributed by atoms with E-state index >= 15 is 0 Å². The first-order valence-corrected chi connectivity index (χ1v) is 19.4. The highest BCUT2D eigenvalue weighted by atomic mass is 79.9. The number of aromatic nitrogens is 5. The Bertz CT molecular complexity index is 1860. The molecule has 3 aromatic heterocycles. The van der Waals surface area contributed by atoms with Gasteiger partial charge in [-0.25, -0.2) is 4.98 Å². The Hall–Kier alpha value is -3.59. The third kappa shape index (κ3) is 8.42. The summed E-state index contributed by atoms with van der Waals surface area (Å²) in [4.78, 5) is 29.3. The average molecular weight is 764 g/mol. The predicted molar refractivity (Wildman–Crippen MR) is 190 cm³/mol. The highest BCUT2D eigenvalue weighted by Crippen LogP contribution is 2.41. The van der Waals surface area contributed by atoms with Crippen molar-refractivity contribution in [2.45, 2.75) is 32.0 Å². The van der Waals surface area contributed by atoms with Crippen LogP contribution in [0.2, 0.25) is 0 Å². The van der Waals surface area contributed by atoms with Gasteiger partial charge in [0.2, 0.25) is 11.8 Å². The van der Waals surface area contributed by atoms with Gasteiger partial charge in [0.1, 0.15) is 30.0 Å². The van der Waals surface area contributed by atoms with Crippen LogP contribution in [0.15, 0.2) is 41.3 Å². The molecule has 0 bridgehead atoms. The fourth-order valence-corrected chi connectivity index (χ4v) is 8.00. The zero-order valence-corrected chi connectivity index (χ0v) is 30.2. The summed E-state index contributed by atoms with van der Waals surface area (Å²) in [5, 5.41) is 6.77. The number of halogens is 4. The van der Waals surface area contributed by atoms with Crippen LogP contribution in [-0.2, 0) is 4.57 Å². The Morgan fingerprint density at radius 1 is 0.980 bits per heavy atom. The molecule has 2 saturated heterocycles. The molecule has 2 aliphatic heterocycles. The van der Waals surface area contributed by atoms with Crippen LogP contribution in [0, 0.1) is 6.92 Å². The van der Waals surface area contributed by atoms with Crippen molar-refractivity contribution in [3.63, 3.8) is 0 Å². The van der Waals surface area contributed by atoms with Gasteiger partial charge in [0.05, 0.1) is 21.0 Å². The number of hydrogen-bond donors (Lipinski definition) is 2. The van der Waals surface area contributed by atoms with Crippen LogP contribution in [0.25, 0.3) is 11.0 Å². The number of piperidine rings is 1. The minimum absolute atomic E-state index is 0.0859. The van der Waals surface area contributed by atoms with Crippen molar-refractivity contribution in [1.82, 2.24) is 34.7 Å². The molecule has 12 nitrogen and oxygen atoms in total. The van der Waals surface area contributed by atoms with Gasteiger partial charge in [-0.1, -0.05) is 0 Å². The molecule has 2 N–H and O–H groups in total. The van der Waals surface area contributed by atoms with Crippen LogP contribution in [0.4, 0.5) is 42.1 Å². The minimum Gasteiger partial charge on any atom is -0.466 e. The van der Waals surface area contributed by atoms with Gasteiger partial charge in [0, 0.05) is 63.9 Å². The number of benzene rings is 1. The van der Waals surface area contributed by atoms with E-state index in [-0.39, 0.29) is 17.5 Å². The largest absolute Gasteiger partial charge is 0.466 e. The van der Waals surface area contributed by atoms with E-state index < -0.39 is 19.9 Å². The van der Waals surface area contributed by atoms with Crippen molar-refractivity contribution >= 4 is 68.4 Å². The quantitative estimate of drug-likeness (QED) is 0.201. The Morgan fingerprint density at radius 2 is 1.69 bits per heavy atom. The smallest absolute Gasteiger partial charge is 0.422 e. The summed E-state index contributed by atoms with van der Waals surface area (Å²) in [5.41, 5.74) is 2.62. The topological polar surface area (TPSA) is 125 Å². The van der Waals surface area contributed by atoms with E-state index in [2.05, 4.69) is 73.2 Å². The molecule has 262 valence electrons. The molecule has 0 radical (unpaired) electrons. The van der Waals surface area contributed by atoms with Crippen molar-refractivity contribution in [2.75, 3.05) is 81.8 Å². The number of piperazine rings is 1. The Kier molecular flexibility index (Phi) is 10.3. The molecule has 4 aromatic rings. The summed E-state index contributed by atoms with van der Waals surface area (Å²) in [6.45, 7) is 9.35. The van der Waals surface area contributed by atoms with Crippen LogP contribution in [0.3, 0.4) is 0 Å². The number of fused-ring (bicyclic) bond motifs is 1. The second kappa shape index (κ2) is 14.3. The number of likely N-dealkylation sites (N-methyl/N-ethyl adjacent to an activating group) is 1. The zero-order chi connectivity index (χ0) is 34.9. The first-order valence-electron chi connectivity index (χ1n) is 16.0. The zero-order valence-electron chi connectivity index (χ0n) is 27.8. The summed E-state index contributed by atoms with van der Waals surface area (Å²) in [6.07, 6.45) is 1.96. The number of rotatable bonds is 9. The van der Waals surface area contributed by atoms with Crippen LogP contribution in [-0.4, -0.2) is 113 Å². The Morgan fingerprint density at radius 3 is 2.39 bits per heavy atom. The molecule has 0 spiro atoms. The third-order valence-corrected chi connectivity index (χ3v) is 10.8. The summed E-state index contributed by atoms with van der Waals surface area (Å²) in [7, 11) is -0.709. The van der Waals surface area contributed by atoms with Gasteiger partial charge in [-0.15, -0.1) is 0 Å². The van der Waals surface area contributed by atoms with Gasteiger partial charge in [0.25, 0.3) is 0 Å². The van der Waals surface area contributed by atoms with Gasteiger partial charge in [-0.3, -0.25) is 14.9 Å². The lowest BCUT2D eigenvalue weighted by atomic mass is 10.0. The van der Waals surface area contributed by atoms with E-state index in [4.69, 9.17) is 4.74 Å². The number of alkyl halides is 3. The molecule has 2 aliphatic rings. The first-order chi connectivity index (χ1) is 23.2. The molecule has 0 amide bonds. The van der Waals surface area contributed by atoms with Crippen molar-refractivity contribution in [3.8, 4) is 5.88 Å². The van der Waals surface area contributed by atoms with Crippen LogP contribution < -0.4 is 25.6 Å². The maximum atomic E-state index is 13.4. The van der Waals surface area contributed by atoms with Gasteiger partial charge >= 0.3 is 6.18 Å². The monoisotopic (exact) mass is 762 g/mol. The SMILES string of the molecule is Cc1cc(Nc2ncc(Br)c(Nc3ccc4nccnc4c3P(C)(C)=O)n2)c(OCC(F)(F)F)nc1N1CCC(N2CCN(C)CC2)CC1. The molecule has 0 unspecified atom stereocenters. The third-order valence-electron chi connectivity index (χ3n) is 8.74. The van der Waals surface area contributed by atoms with Crippen molar-refractivity contribution in [2.24, 2.45) is 0 Å². The molecule has 17 heteroatoms. The lowest BCUT2D eigenvalue weighted by Gasteiger charge is -2.42. The standard InChI is InChI=1S/C32H39BrF3N10O2P/c1-20-17-25(30(48-19-32(34,35)36)43-29(20)46-11-7-21(8-12-46)45-15-13-44(2)14-16-45)41-31-39-18-22(33)28(42-31)40-24-6-5-23-26(38-10-9-37-23)27(24)49(3,4)47/h5-6,9-10,17-18,21H,7-8,11-16,19H2,1-4H3,(H2,39,40,41,42). The van der Waals surface area contributed by atoms with E-state index in [0.29, 0.717) is 44.2 Å². The highest BCUT2D eigenvalue weighted by Gasteiger charge is 2.31. The summed E-state index contributed by atoms with van der Waals surface area (Å²) < 4.78 is 59.2. The fraction of sp³-hybridized carbons (Fsp3) is 0.469. The second-order valence-corrected chi connectivity index (χ2v) is 16.8. The van der Waals surface area contributed by atoms with E-state index in [0.717, 1.165) is 57.7 Å². The Balaban J connectivity index is 1.25. The van der Waals surface area contributed by atoms with Crippen LogP contribution >= 0.6 is 23.1 Å². The molecular formula is C32H39BrF3N10O2P. The molecule has 2 fully saturated rings. The van der Waals surface area contributed by atoms with Crippen LogP contribution in [0.5, 0.6) is 5.88 Å². The predicted octanol–water partition coefficient (Wildman–Crippen LogP) is 5.78. The van der Waals surface area contributed by atoms with E-state index in [1.165, 1.54) is 6.20 Å². The number of anilines is 5. The maximum absolute atomic E-state index is 13.4. The Labute approximate surface area is 291 Å². The van der Waals surface area contributed by atoms with Gasteiger partial charge in [0.15, 0.2) is 6.61 Å². The van der Waals surface area contributed by atoms with Gasteiger partial charge in [-0.05, 0) is 79.8 Å². The van der Waals surface area contributed by atoms with E-state index in [1.54, 1.807) is 43.9 Å². The average Bonchev–Trinajstić information content (AvgIpc) is 3.05. The molecule has 49 heavy (non-hydrogen) atoms. The maximum Gasteiger partial charge on any atom is 0.422 e. The molecule has 5 heterocycles. The first kappa shape index (κ1) is 35.2. The molecule has 0 saturated carbocycles. The van der Waals surface area contributed by atoms with Crippen molar-refractivity contribution in [3.05, 3.63) is 46.8 Å². The number of pyridine rings is 1. The van der Waals surface area contributed by atoms with Gasteiger partial charge in [-0.2, -0.15) is 23.1 Å². The molecule has 0 atom stereocenters. The van der Waals surface area contributed by atoms with Gasteiger partial charge < -0.3 is 29.7 Å². The molecular weight excluding hydrogens is 724 g/mol. The molecule has 0 aliphatic carbocycles. The molecule has 1 aromatic carbocycles.